The summed E-state index contributed by atoms with van der Waals surface area (Å²) in [6, 6.07) is 7.41. The second-order valence-corrected chi connectivity index (χ2v) is 6.57. The molecule has 0 aliphatic heterocycles. The van der Waals surface area contributed by atoms with Gasteiger partial charge in [-0.1, -0.05) is 13.8 Å². The maximum Gasteiger partial charge on any atom is 0.123 e. The molecule has 1 N–H and O–H groups in total. The molecule has 0 bridgehead atoms. The van der Waals surface area contributed by atoms with Crippen molar-refractivity contribution in [2.75, 3.05) is 25.0 Å². The number of nitrogens with one attached hydrogen (secondary N) is 1. The van der Waals surface area contributed by atoms with E-state index in [1.54, 1.807) is 12.1 Å². The summed E-state index contributed by atoms with van der Waals surface area (Å²) in [7, 11) is 2.07. The fraction of sp³-hybridized carbons (Fsp3) is 0.647. The van der Waals surface area contributed by atoms with Gasteiger partial charge in [0.05, 0.1) is 0 Å². The summed E-state index contributed by atoms with van der Waals surface area (Å²) in [5, 5.41) is 3.51. The quantitative estimate of drug-likeness (QED) is 0.884. The number of hydrogen-bond acceptors (Lipinski definition) is 2. The number of benzene rings is 1. The third kappa shape index (κ3) is 3.14. The third-order valence-electron chi connectivity index (χ3n) is 4.81. The van der Waals surface area contributed by atoms with Crippen LogP contribution in [0.4, 0.5) is 10.1 Å². The zero-order valence-electron chi connectivity index (χ0n) is 13.1. The van der Waals surface area contributed by atoms with Crippen molar-refractivity contribution in [3.05, 3.63) is 30.1 Å². The molecule has 1 aromatic carbocycles. The van der Waals surface area contributed by atoms with E-state index in [1.807, 2.05) is 12.1 Å². The Labute approximate surface area is 122 Å². The van der Waals surface area contributed by atoms with Gasteiger partial charge >= 0.3 is 0 Å². The summed E-state index contributed by atoms with van der Waals surface area (Å²) in [4.78, 5) is 2.36. The van der Waals surface area contributed by atoms with E-state index in [1.165, 1.54) is 12.8 Å². The average Bonchev–Trinajstić information content (AvgIpc) is 2.71. The lowest BCUT2D eigenvalue weighted by Gasteiger charge is -2.34. The Balaban J connectivity index is 2.09. The van der Waals surface area contributed by atoms with Crippen LogP contribution in [0.5, 0.6) is 0 Å². The summed E-state index contributed by atoms with van der Waals surface area (Å²) < 4.78 is 13.0. The van der Waals surface area contributed by atoms with Gasteiger partial charge in [-0.05, 0) is 62.4 Å². The van der Waals surface area contributed by atoms with Crippen LogP contribution in [-0.2, 0) is 0 Å². The van der Waals surface area contributed by atoms with Gasteiger partial charge in [-0.25, -0.2) is 4.39 Å². The van der Waals surface area contributed by atoms with Gasteiger partial charge in [-0.2, -0.15) is 0 Å². The van der Waals surface area contributed by atoms with Crippen molar-refractivity contribution in [1.29, 1.82) is 0 Å². The van der Waals surface area contributed by atoms with Crippen molar-refractivity contribution < 1.29 is 4.39 Å². The average molecular weight is 278 g/mol. The van der Waals surface area contributed by atoms with Crippen molar-refractivity contribution in [2.24, 2.45) is 11.3 Å². The predicted molar refractivity (Wildman–Crippen MR) is 83.6 cm³/mol. The third-order valence-corrected chi connectivity index (χ3v) is 4.81. The molecule has 0 aromatic heterocycles. The van der Waals surface area contributed by atoms with Crippen molar-refractivity contribution in [2.45, 2.75) is 39.7 Å². The Bertz CT molecular complexity index is 427. The van der Waals surface area contributed by atoms with Crippen LogP contribution in [0.25, 0.3) is 0 Å². The minimum Gasteiger partial charge on any atom is -0.371 e. The Morgan fingerprint density at radius 3 is 2.50 bits per heavy atom. The molecule has 2 rings (SSSR count). The lowest BCUT2D eigenvalue weighted by atomic mass is 9.85. The first-order chi connectivity index (χ1) is 9.47. The molecule has 1 aliphatic rings. The summed E-state index contributed by atoms with van der Waals surface area (Å²) in [5.41, 5.74) is 1.48. The number of halogens is 1. The van der Waals surface area contributed by atoms with E-state index in [2.05, 4.69) is 38.0 Å². The molecule has 2 nitrogen and oxygen atoms in total. The van der Waals surface area contributed by atoms with Gasteiger partial charge in [0.1, 0.15) is 5.82 Å². The van der Waals surface area contributed by atoms with E-state index in [0.717, 1.165) is 18.8 Å². The fourth-order valence-corrected chi connectivity index (χ4v) is 3.69. The van der Waals surface area contributed by atoms with Gasteiger partial charge in [-0.15, -0.1) is 0 Å². The van der Waals surface area contributed by atoms with Crippen LogP contribution in [0.3, 0.4) is 0 Å². The summed E-state index contributed by atoms with van der Waals surface area (Å²) in [6.07, 6.45) is 2.53. The van der Waals surface area contributed by atoms with E-state index in [-0.39, 0.29) is 5.82 Å². The topological polar surface area (TPSA) is 15.3 Å². The number of rotatable bonds is 5. The second-order valence-electron chi connectivity index (χ2n) is 6.57. The van der Waals surface area contributed by atoms with Crippen LogP contribution in [-0.4, -0.2) is 26.2 Å². The molecule has 1 aromatic rings. The molecule has 0 amide bonds. The van der Waals surface area contributed by atoms with Crippen LogP contribution < -0.4 is 10.2 Å². The van der Waals surface area contributed by atoms with E-state index in [0.29, 0.717) is 17.4 Å². The highest BCUT2D eigenvalue weighted by Gasteiger charge is 2.41. The molecule has 2 atom stereocenters. The van der Waals surface area contributed by atoms with Crippen LogP contribution in [0, 0.1) is 17.2 Å². The minimum atomic E-state index is -0.167. The molecule has 1 fully saturated rings. The second kappa shape index (κ2) is 6.13. The SMILES string of the molecule is CCN(CC1CCC(C)(C)C1NC)c1ccc(F)cc1. The zero-order valence-corrected chi connectivity index (χ0v) is 13.1. The van der Waals surface area contributed by atoms with Crippen molar-refractivity contribution >= 4 is 5.69 Å². The molecule has 112 valence electrons. The normalized spacial score (nSPS) is 24.9. The van der Waals surface area contributed by atoms with Gasteiger partial charge in [0.25, 0.3) is 0 Å². The highest BCUT2D eigenvalue weighted by atomic mass is 19.1. The summed E-state index contributed by atoms with van der Waals surface area (Å²) in [6.45, 7) is 8.86. The molecular weight excluding hydrogens is 251 g/mol. The first-order valence-corrected chi connectivity index (χ1v) is 7.65. The summed E-state index contributed by atoms with van der Waals surface area (Å²) >= 11 is 0. The smallest absolute Gasteiger partial charge is 0.123 e. The molecule has 1 aliphatic carbocycles. The monoisotopic (exact) mass is 278 g/mol. The lowest BCUT2D eigenvalue weighted by molar-refractivity contribution is 0.262. The Morgan fingerprint density at radius 1 is 1.30 bits per heavy atom. The highest BCUT2D eigenvalue weighted by molar-refractivity contribution is 5.46. The molecule has 3 heteroatoms. The molecule has 0 heterocycles. The first kappa shape index (κ1) is 15.3. The molecule has 2 unspecified atom stereocenters. The number of anilines is 1. The molecule has 20 heavy (non-hydrogen) atoms. The van der Waals surface area contributed by atoms with Gasteiger partial charge in [-0.3, -0.25) is 0 Å². The van der Waals surface area contributed by atoms with Crippen LogP contribution in [0.1, 0.15) is 33.6 Å². The standard InChI is InChI=1S/C17H27FN2/c1-5-20(15-8-6-14(18)7-9-15)12-13-10-11-17(2,3)16(13)19-4/h6-9,13,16,19H,5,10-12H2,1-4H3. The maximum atomic E-state index is 13.0. The van der Waals surface area contributed by atoms with E-state index < -0.39 is 0 Å². The van der Waals surface area contributed by atoms with Crippen molar-refractivity contribution in [1.82, 2.24) is 5.32 Å². The Kier molecular flexibility index (Phi) is 4.69. The fourth-order valence-electron chi connectivity index (χ4n) is 3.69. The predicted octanol–water partition coefficient (Wildman–Crippen LogP) is 3.68. The molecule has 0 saturated heterocycles. The van der Waals surface area contributed by atoms with Crippen molar-refractivity contribution in [3.8, 4) is 0 Å². The van der Waals surface area contributed by atoms with Crippen LogP contribution >= 0.6 is 0 Å². The van der Waals surface area contributed by atoms with Gasteiger partial charge in [0.2, 0.25) is 0 Å². The Morgan fingerprint density at radius 2 is 1.95 bits per heavy atom. The van der Waals surface area contributed by atoms with Gasteiger partial charge in [0, 0.05) is 24.8 Å². The lowest BCUT2D eigenvalue weighted by Crippen LogP contribution is -2.44. The largest absolute Gasteiger partial charge is 0.371 e. The van der Waals surface area contributed by atoms with Gasteiger partial charge < -0.3 is 10.2 Å². The highest BCUT2D eigenvalue weighted by Crippen LogP contribution is 2.41. The number of nitrogens with zero attached hydrogens (tertiary/aromatic N) is 1. The minimum absolute atomic E-state index is 0.167. The van der Waals surface area contributed by atoms with Crippen LogP contribution in [0.2, 0.25) is 0 Å². The van der Waals surface area contributed by atoms with E-state index in [4.69, 9.17) is 0 Å². The molecule has 0 spiro atoms. The van der Waals surface area contributed by atoms with E-state index >= 15 is 0 Å². The maximum absolute atomic E-state index is 13.0. The summed E-state index contributed by atoms with van der Waals surface area (Å²) in [5.74, 6) is 0.486. The molecule has 0 radical (unpaired) electrons. The Hall–Kier alpha value is -1.09. The molecule has 1 saturated carbocycles. The van der Waals surface area contributed by atoms with E-state index in [9.17, 15) is 4.39 Å². The number of hydrogen-bond donors (Lipinski definition) is 1. The van der Waals surface area contributed by atoms with Gasteiger partial charge in [0.15, 0.2) is 0 Å². The zero-order chi connectivity index (χ0) is 14.8. The van der Waals surface area contributed by atoms with Crippen molar-refractivity contribution in [3.63, 3.8) is 0 Å². The first-order valence-electron chi connectivity index (χ1n) is 7.65. The molecular formula is C17H27FN2. The van der Waals surface area contributed by atoms with Crippen LogP contribution in [0.15, 0.2) is 24.3 Å².